The number of benzene rings is 2. The molecule has 1 heterocycles. The first-order chi connectivity index (χ1) is 15.6. The average molecular weight is 566 g/mol. The number of phenolic OH excluding ortho intramolecular Hbond substituents is 1. The molecule has 1 saturated heterocycles. The summed E-state index contributed by atoms with van der Waals surface area (Å²) in [7, 11) is 0. The summed E-state index contributed by atoms with van der Waals surface area (Å²) in [5.74, 6) is 0.464. The number of amides is 1. The maximum absolute atomic E-state index is 12.2. The van der Waals surface area contributed by atoms with Gasteiger partial charge in [-0.3, -0.25) is 14.7 Å². The standard InChI is InChI=1S/C25H35N5O2.HI/c1-3-26-25(28-16-15-27-24(32)22-11-7-8-12-23(22)31)29-21-13-17-30(18-14-21)19(2)20-9-5-4-6-10-20;/h4-12,19,21,31H,3,13-18H2,1-2H3,(H,27,32)(H2,26,28,29);1H. The Morgan fingerprint density at radius 1 is 1.09 bits per heavy atom. The molecule has 1 fully saturated rings. The van der Waals surface area contributed by atoms with Crippen LogP contribution in [0, 0.1) is 0 Å². The van der Waals surface area contributed by atoms with Crippen LogP contribution in [-0.2, 0) is 0 Å². The minimum atomic E-state index is -0.295. The molecular formula is C25H36IN5O2. The number of carbonyl (C=O) groups is 1. The molecule has 1 amide bonds. The van der Waals surface area contributed by atoms with E-state index >= 15 is 0 Å². The molecule has 1 aliphatic rings. The number of hydrogen-bond acceptors (Lipinski definition) is 4. The van der Waals surface area contributed by atoms with Gasteiger partial charge in [0.05, 0.1) is 12.1 Å². The smallest absolute Gasteiger partial charge is 0.255 e. The lowest BCUT2D eigenvalue weighted by Gasteiger charge is -2.37. The van der Waals surface area contributed by atoms with Gasteiger partial charge in [-0.15, -0.1) is 24.0 Å². The fourth-order valence-corrected chi connectivity index (χ4v) is 3.98. The first-order valence-electron chi connectivity index (χ1n) is 11.5. The molecule has 4 N–H and O–H groups in total. The number of carbonyl (C=O) groups excluding carboxylic acids is 1. The SMILES string of the molecule is CCNC(=NCCNC(=O)c1ccccc1O)NC1CCN(C(C)c2ccccc2)CC1.I. The van der Waals surface area contributed by atoms with E-state index in [4.69, 9.17) is 0 Å². The Bertz CT molecular complexity index is 885. The van der Waals surface area contributed by atoms with Crippen LogP contribution >= 0.6 is 24.0 Å². The second kappa shape index (κ2) is 14.0. The van der Waals surface area contributed by atoms with E-state index in [2.05, 4.69) is 63.1 Å². The fraction of sp³-hybridized carbons (Fsp3) is 0.440. The molecule has 2 aromatic rings. The monoisotopic (exact) mass is 565 g/mol. The van der Waals surface area contributed by atoms with Crippen molar-refractivity contribution in [2.45, 2.75) is 38.8 Å². The third-order valence-corrected chi connectivity index (χ3v) is 5.86. The molecule has 1 unspecified atom stereocenters. The summed E-state index contributed by atoms with van der Waals surface area (Å²) >= 11 is 0. The number of guanidine groups is 1. The summed E-state index contributed by atoms with van der Waals surface area (Å²) in [4.78, 5) is 19.3. The van der Waals surface area contributed by atoms with E-state index in [0.29, 0.717) is 25.2 Å². The molecule has 0 spiro atoms. The second-order valence-corrected chi connectivity index (χ2v) is 8.07. The van der Waals surface area contributed by atoms with E-state index in [-0.39, 0.29) is 41.2 Å². The van der Waals surface area contributed by atoms with Crippen molar-refractivity contribution < 1.29 is 9.90 Å². The van der Waals surface area contributed by atoms with Crippen molar-refractivity contribution >= 4 is 35.8 Å². The highest BCUT2D eigenvalue weighted by Gasteiger charge is 2.24. The number of aromatic hydroxyl groups is 1. The molecule has 7 nitrogen and oxygen atoms in total. The van der Waals surface area contributed by atoms with E-state index in [0.717, 1.165) is 38.4 Å². The molecule has 0 aromatic heterocycles. The summed E-state index contributed by atoms with van der Waals surface area (Å²) < 4.78 is 0. The Balaban J connectivity index is 0.00000385. The van der Waals surface area contributed by atoms with Gasteiger partial charge in [0.25, 0.3) is 5.91 Å². The van der Waals surface area contributed by atoms with Gasteiger partial charge >= 0.3 is 0 Å². The fourth-order valence-electron chi connectivity index (χ4n) is 3.98. The minimum Gasteiger partial charge on any atom is -0.507 e. The third kappa shape index (κ3) is 8.19. The van der Waals surface area contributed by atoms with Crippen molar-refractivity contribution in [3.8, 4) is 5.75 Å². The highest BCUT2D eigenvalue weighted by molar-refractivity contribution is 14.0. The van der Waals surface area contributed by atoms with Crippen molar-refractivity contribution in [1.29, 1.82) is 0 Å². The number of nitrogens with one attached hydrogen (secondary N) is 3. The van der Waals surface area contributed by atoms with Crippen LogP contribution in [0.4, 0.5) is 0 Å². The summed E-state index contributed by atoms with van der Waals surface area (Å²) in [5, 5.41) is 19.4. The number of likely N-dealkylation sites (tertiary alicyclic amines) is 1. The zero-order chi connectivity index (χ0) is 22.8. The van der Waals surface area contributed by atoms with Crippen molar-refractivity contribution in [2.75, 3.05) is 32.7 Å². The third-order valence-electron chi connectivity index (χ3n) is 5.86. The molecule has 3 rings (SSSR count). The summed E-state index contributed by atoms with van der Waals surface area (Å²) in [6, 6.07) is 18.0. The maximum atomic E-state index is 12.2. The van der Waals surface area contributed by atoms with Gasteiger partial charge in [-0.2, -0.15) is 0 Å². The van der Waals surface area contributed by atoms with Gasteiger partial charge in [0, 0.05) is 38.3 Å². The Hall–Kier alpha value is -2.33. The molecule has 180 valence electrons. The van der Waals surface area contributed by atoms with Gasteiger partial charge < -0.3 is 21.1 Å². The molecule has 0 saturated carbocycles. The second-order valence-electron chi connectivity index (χ2n) is 8.07. The lowest BCUT2D eigenvalue weighted by molar-refractivity contribution is 0.0952. The van der Waals surface area contributed by atoms with E-state index in [1.165, 1.54) is 11.6 Å². The summed E-state index contributed by atoms with van der Waals surface area (Å²) in [6.07, 6.45) is 2.12. The van der Waals surface area contributed by atoms with Crippen LogP contribution in [0.1, 0.15) is 48.7 Å². The molecule has 1 atom stereocenters. The Labute approximate surface area is 214 Å². The van der Waals surface area contributed by atoms with Gasteiger partial charge in [0.15, 0.2) is 5.96 Å². The number of para-hydroxylation sites is 1. The molecule has 0 radical (unpaired) electrons. The van der Waals surface area contributed by atoms with Crippen LogP contribution in [0.3, 0.4) is 0 Å². The van der Waals surface area contributed by atoms with E-state index in [1.54, 1.807) is 18.2 Å². The molecule has 33 heavy (non-hydrogen) atoms. The van der Waals surface area contributed by atoms with Gasteiger partial charge in [-0.1, -0.05) is 42.5 Å². The first-order valence-corrected chi connectivity index (χ1v) is 11.5. The molecule has 2 aromatic carbocycles. The van der Waals surface area contributed by atoms with Crippen LogP contribution in [0.15, 0.2) is 59.6 Å². The predicted octanol–water partition coefficient (Wildman–Crippen LogP) is 3.52. The number of hydrogen-bond donors (Lipinski definition) is 4. The quantitative estimate of drug-likeness (QED) is 0.170. The van der Waals surface area contributed by atoms with E-state index < -0.39 is 0 Å². The molecule has 0 aliphatic carbocycles. The molecule has 1 aliphatic heterocycles. The van der Waals surface area contributed by atoms with Gasteiger partial charge in [0.1, 0.15) is 5.75 Å². The molecule has 0 bridgehead atoms. The van der Waals surface area contributed by atoms with Crippen LogP contribution in [0.2, 0.25) is 0 Å². The van der Waals surface area contributed by atoms with Crippen molar-refractivity contribution in [3.63, 3.8) is 0 Å². The zero-order valence-corrected chi connectivity index (χ0v) is 21.8. The number of aliphatic imine (C=N–C) groups is 1. The van der Waals surface area contributed by atoms with Gasteiger partial charge in [-0.05, 0) is 44.4 Å². The highest BCUT2D eigenvalue weighted by atomic mass is 127. The van der Waals surface area contributed by atoms with E-state index in [9.17, 15) is 9.90 Å². The lowest BCUT2D eigenvalue weighted by atomic mass is 10.0. The topological polar surface area (TPSA) is 89.0 Å². The Morgan fingerprint density at radius 2 is 1.76 bits per heavy atom. The van der Waals surface area contributed by atoms with Crippen LogP contribution < -0.4 is 16.0 Å². The van der Waals surface area contributed by atoms with Crippen LogP contribution in [0.25, 0.3) is 0 Å². The molecular weight excluding hydrogens is 529 g/mol. The highest BCUT2D eigenvalue weighted by Crippen LogP contribution is 2.24. The van der Waals surface area contributed by atoms with Gasteiger partial charge in [0.2, 0.25) is 0 Å². The van der Waals surface area contributed by atoms with Gasteiger partial charge in [-0.25, -0.2) is 0 Å². The van der Waals surface area contributed by atoms with Crippen molar-refractivity contribution in [3.05, 3.63) is 65.7 Å². The van der Waals surface area contributed by atoms with Crippen LogP contribution in [0.5, 0.6) is 5.75 Å². The Kier molecular flexibility index (Phi) is 11.5. The average Bonchev–Trinajstić information content (AvgIpc) is 2.82. The Morgan fingerprint density at radius 3 is 2.42 bits per heavy atom. The lowest BCUT2D eigenvalue weighted by Crippen LogP contribution is -2.49. The normalized spacial score (nSPS) is 15.9. The zero-order valence-electron chi connectivity index (χ0n) is 19.5. The van der Waals surface area contributed by atoms with E-state index in [1.807, 2.05) is 6.92 Å². The summed E-state index contributed by atoms with van der Waals surface area (Å²) in [5.41, 5.74) is 1.64. The van der Waals surface area contributed by atoms with Crippen molar-refractivity contribution in [1.82, 2.24) is 20.9 Å². The number of halogens is 1. The summed E-state index contributed by atoms with van der Waals surface area (Å²) in [6.45, 7) is 8.04. The molecule has 8 heteroatoms. The maximum Gasteiger partial charge on any atom is 0.255 e. The number of nitrogens with zero attached hydrogens (tertiary/aromatic N) is 2. The van der Waals surface area contributed by atoms with Crippen molar-refractivity contribution in [2.24, 2.45) is 4.99 Å². The van der Waals surface area contributed by atoms with Crippen LogP contribution in [-0.4, -0.2) is 60.6 Å². The predicted molar refractivity (Wildman–Crippen MR) is 144 cm³/mol. The number of phenols is 1. The first kappa shape index (κ1) is 26.9. The number of piperidine rings is 1. The minimum absolute atomic E-state index is 0. The largest absolute Gasteiger partial charge is 0.507 e. The number of rotatable bonds is 8.